The Morgan fingerprint density at radius 3 is 2.31 bits per heavy atom. The third kappa shape index (κ3) is 7.58. The minimum absolute atomic E-state index is 0.116. The van der Waals surface area contributed by atoms with Crippen molar-refractivity contribution in [2.24, 2.45) is 5.92 Å². The molecule has 35 heavy (non-hydrogen) atoms. The van der Waals surface area contributed by atoms with Crippen molar-refractivity contribution < 1.29 is 50.8 Å². The highest BCUT2D eigenvalue weighted by atomic mass is 19.4. The number of benzene rings is 1. The lowest BCUT2D eigenvalue weighted by molar-refractivity contribution is -0.753. The molecule has 1 aromatic heterocycles. The first-order valence-corrected chi connectivity index (χ1v) is 11.2. The van der Waals surface area contributed by atoms with Crippen molar-refractivity contribution in [3.05, 3.63) is 29.7 Å². The first-order chi connectivity index (χ1) is 16.4. The number of nitrogens with two attached hydrogens (primary N) is 1. The van der Waals surface area contributed by atoms with Crippen LogP contribution in [-0.4, -0.2) is 35.4 Å². The lowest BCUT2D eigenvalue weighted by atomic mass is 9.87. The minimum Gasteiger partial charge on any atom is -0.542 e. The molecule has 4 rings (SSSR count). The zero-order valence-electron chi connectivity index (χ0n) is 18.6. The predicted octanol–water partition coefficient (Wildman–Crippen LogP) is 3.41. The summed E-state index contributed by atoms with van der Waals surface area (Å²) >= 11 is 0. The second kappa shape index (κ2) is 11.3. The van der Waals surface area contributed by atoms with Gasteiger partial charge in [0, 0.05) is 5.56 Å². The number of carboxylic acid groups (broad SMARTS) is 1. The fraction of sp³-hybridized carbons (Fsp3) is 0.591. The van der Waals surface area contributed by atoms with Gasteiger partial charge >= 0.3 is 12.4 Å². The normalized spacial score (nSPS) is 18.9. The van der Waals surface area contributed by atoms with Crippen molar-refractivity contribution in [2.75, 3.05) is 13.2 Å². The van der Waals surface area contributed by atoms with Crippen LogP contribution in [0.4, 0.5) is 26.3 Å². The standard InChI is InChI=1S/C20H24F3N3O2.C2HF3O2/c21-20(22,23)15-12-14(18-25-19(28-26-18)16-8-10-24-16)6-7-17(15)27-11-9-13-4-2-1-3-5-13;3-2(4,5)1(6)7/h6-7,12-13,16,24H,1-5,8-11H2;(H,6,7)/t16-;/m0./s1. The SMILES string of the molecule is FC(F)(F)c1cc(-c2noc([C@@H]3CC[NH2+]3)n2)ccc1OCCC1CCCCC1.O=C([O-])C(F)(F)F. The van der Waals surface area contributed by atoms with E-state index < -0.39 is 23.9 Å². The third-order valence-electron chi connectivity index (χ3n) is 5.97. The number of carbonyl (C=O) groups is 1. The molecule has 1 aromatic carbocycles. The van der Waals surface area contributed by atoms with Gasteiger partial charge in [0.05, 0.1) is 25.1 Å². The molecule has 1 saturated carbocycles. The number of carboxylic acids is 1. The van der Waals surface area contributed by atoms with Crippen molar-refractivity contribution in [3.8, 4) is 17.1 Å². The van der Waals surface area contributed by atoms with E-state index in [2.05, 4.69) is 15.5 Å². The largest absolute Gasteiger partial charge is 0.542 e. The van der Waals surface area contributed by atoms with E-state index >= 15 is 0 Å². The van der Waals surface area contributed by atoms with Gasteiger partial charge in [-0.2, -0.15) is 31.3 Å². The Labute approximate surface area is 196 Å². The van der Waals surface area contributed by atoms with Crippen LogP contribution in [0.1, 0.15) is 62.4 Å². The van der Waals surface area contributed by atoms with Crippen LogP contribution >= 0.6 is 0 Å². The number of alkyl halides is 6. The maximum atomic E-state index is 13.6. The molecule has 1 saturated heterocycles. The number of ether oxygens (including phenoxy) is 1. The summed E-state index contributed by atoms with van der Waals surface area (Å²) in [6.45, 7) is 1.30. The van der Waals surface area contributed by atoms with E-state index in [1.807, 2.05) is 0 Å². The Balaban J connectivity index is 0.000000429. The maximum Gasteiger partial charge on any atom is 0.430 e. The average Bonchev–Trinajstić information content (AvgIpc) is 3.22. The van der Waals surface area contributed by atoms with Gasteiger partial charge in [0.25, 0.3) is 5.89 Å². The number of nitrogens with zero attached hydrogens (tertiary/aromatic N) is 2. The molecule has 1 aliphatic heterocycles. The van der Waals surface area contributed by atoms with Crippen molar-refractivity contribution >= 4 is 5.97 Å². The summed E-state index contributed by atoms with van der Waals surface area (Å²) in [5, 5.41) is 14.7. The number of quaternary nitrogens is 1. The van der Waals surface area contributed by atoms with Crippen LogP contribution in [0, 0.1) is 5.92 Å². The zero-order valence-corrected chi connectivity index (χ0v) is 18.6. The van der Waals surface area contributed by atoms with Crippen LogP contribution in [0.5, 0.6) is 5.75 Å². The molecule has 2 aliphatic rings. The molecule has 194 valence electrons. The Bertz CT molecular complexity index is 982. The Morgan fingerprint density at radius 1 is 1.11 bits per heavy atom. The second-order valence-corrected chi connectivity index (χ2v) is 8.51. The van der Waals surface area contributed by atoms with Gasteiger partial charge < -0.3 is 24.5 Å². The van der Waals surface area contributed by atoms with E-state index in [0.29, 0.717) is 18.4 Å². The summed E-state index contributed by atoms with van der Waals surface area (Å²) in [6, 6.07) is 4.09. The minimum atomic E-state index is -5.19. The van der Waals surface area contributed by atoms with E-state index in [9.17, 15) is 26.3 Å². The summed E-state index contributed by atoms with van der Waals surface area (Å²) in [5.41, 5.74) is -0.517. The van der Waals surface area contributed by atoms with Gasteiger partial charge in [0.2, 0.25) is 5.82 Å². The van der Waals surface area contributed by atoms with Gasteiger partial charge in [0.15, 0.2) is 6.04 Å². The molecule has 0 spiro atoms. The quantitative estimate of drug-likeness (QED) is 0.599. The first-order valence-electron chi connectivity index (χ1n) is 11.2. The second-order valence-electron chi connectivity index (χ2n) is 8.51. The predicted molar refractivity (Wildman–Crippen MR) is 107 cm³/mol. The van der Waals surface area contributed by atoms with Gasteiger partial charge in [-0.05, 0) is 30.5 Å². The van der Waals surface area contributed by atoms with E-state index in [4.69, 9.17) is 19.2 Å². The number of aliphatic carboxylic acids is 1. The van der Waals surface area contributed by atoms with Gasteiger partial charge in [-0.15, -0.1) is 0 Å². The van der Waals surface area contributed by atoms with Gasteiger partial charge in [-0.25, -0.2) is 0 Å². The fourth-order valence-corrected chi connectivity index (χ4v) is 3.89. The Hall–Kier alpha value is -2.83. The molecule has 2 heterocycles. The van der Waals surface area contributed by atoms with Crippen molar-refractivity contribution in [1.82, 2.24) is 10.1 Å². The number of rotatable bonds is 6. The van der Waals surface area contributed by atoms with Crippen LogP contribution in [0.15, 0.2) is 22.7 Å². The molecule has 13 heteroatoms. The first kappa shape index (κ1) is 26.8. The highest BCUT2D eigenvalue weighted by molar-refractivity contribution is 5.70. The van der Waals surface area contributed by atoms with Crippen LogP contribution in [0.3, 0.4) is 0 Å². The third-order valence-corrected chi connectivity index (χ3v) is 5.97. The molecule has 7 nitrogen and oxygen atoms in total. The van der Waals surface area contributed by atoms with Crippen molar-refractivity contribution in [2.45, 2.75) is 63.3 Å². The number of carbonyl (C=O) groups excluding carboxylic acids is 1. The molecule has 2 N–H and O–H groups in total. The van der Waals surface area contributed by atoms with Crippen LogP contribution < -0.4 is 15.2 Å². The van der Waals surface area contributed by atoms with Crippen LogP contribution in [0.25, 0.3) is 11.4 Å². The topological polar surface area (TPSA) is 105 Å². The fourth-order valence-electron chi connectivity index (χ4n) is 3.89. The van der Waals surface area contributed by atoms with E-state index in [-0.39, 0.29) is 23.2 Å². The maximum absolute atomic E-state index is 13.6. The van der Waals surface area contributed by atoms with E-state index in [1.165, 1.54) is 25.3 Å². The molecule has 0 amide bonds. The van der Waals surface area contributed by atoms with Crippen molar-refractivity contribution in [3.63, 3.8) is 0 Å². The average molecular weight is 509 g/mol. The van der Waals surface area contributed by atoms with Gasteiger partial charge in [-0.3, -0.25) is 0 Å². The number of hydrogen-bond acceptors (Lipinski definition) is 6. The molecule has 1 atom stereocenters. The van der Waals surface area contributed by atoms with E-state index in [0.717, 1.165) is 38.3 Å². The van der Waals surface area contributed by atoms with Crippen LogP contribution in [0.2, 0.25) is 0 Å². The summed E-state index contributed by atoms with van der Waals surface area (Å²) < 4.78 is 83.0. The zero-order chi connectivity index (χ0) is 25.6. The molecule has 1 aliphatic carbocycles. The molecule has 2 fully saturated rings. The van der Waals surface area contributed by atoms with Gasteiger partial charge in [0.1, 0.15) is 11.7 Å². The highest BCUT2D eigenvalue weighted by Gasteiger charge is 2.36. The molecule has 0 bridgehead atoms. The smallest absolute Gasteiger partial charge is 0.430 e. The molecule has 0 unspecified atom stereocenters. The molecular formula is C22H25F6N3O4. The lowest BCUT2D eigenvalue weighted by Gasteiger charge is -2.22. The lowest BCUT2D eigenvalue weighted by Crippen LogP contribution is -2.93. The summed E-state index contributed by atoms with van der Waals surface area (Å²) in [5.74, 6) is -1.95. The van der Waals surface area contributed by atoms with E-state index in [1.54, 1.807) is 6.07 Å². The summed E-state index contributed by atoms with van der Waals surface area (Å²) in [7, 11) is 0. The number of halogens is 6. The summed E-state index contributed by atoms with van der Waals surface area (Å²) in [6.07, 6.45) is -2.01. The van der Waals surface area contributed by atoms with Gasteiger partial charge in [-0.1, -0.05) is 37.3 Å². The Morgan fingerprint density at radius 2 is 1.77 bits per heavy atom. The molecule has 2 aromatic rings. The number of aromatic nitrogens is 2. The summed E-state index contributed by atoms with van der Waals surface area (Å²) in [4.78, 5) is 13.0. The molecule has 0 radical (unpaired) electrons. The highest BCUT2D eigenvalue weighted by Crippen LogP contribution is 2.39. The van der Waals surface area contributed by atoms with Crippen molar-refractivity contribution in [1.29, 1.82) is 0 Å². The molecular weight excluding hydrogens is 484 g/mol. The number of hydrogen-bond donors (Lipinski definition) is 1. The monoisotopic (exact) mass is 509 g/mol. The van der Waals surface area contributed by atoms with Crippen LogP contribution in [-0.2, 0) is 11.0 Å². The Kier molecular flexibility index (Phi) is 8.62.